The Balaban J connectivity index is 1.49. The van der Waals surface area contributed by atoms with Gasteiger partial charge < -0.3 is 5.32 Å². The molecule has 0 radical (unpaired) electrons. The van der Waals surface area contributed by atoms with Gasteiger partial charge in [0.15, 0.2) is 0 Å². The highest BCUT2D eigenvalue weighted by Gasteiger charge is 2.39. The number of nitrogens with one attached hydrogen (secondary N) is 2. The Morgan fingerprint density at radius 2 is 1.78 bits per heavy atom. The molecule has 3 aromatic rings. The maximum absolute atomic E-state index is 13.2. The number of allylic oxidation sites excluding steroid dienone is 2. The summed E-state index contributed by atoms with van der Waals surface area (Å²) in [5.41, 5.74) is 6.02. The highest BCUT2D eigenvalue weighted by molar-refractivity contribution is 9.10. The average Bonchev–Trinajstić information content (AvgIpc) is 3.26. The zero-order valence-electron chi connectivity index (χ0n) is 18.0. The van der Waals surface area contributed by atoms with Gasteiger partial charge >= 0.3 is 0 Å². The van der Waals surface area contributed by atoms with Crippen molar-refractivity contribution in [3.05, 3.63) is 99.5 Å². The van der Waals surface area contributed by atoms with Crippen LogP contribution in [-0.4, -0.2) is 8.42 Å². The van der Waals surface area contributed by atoms with Gasteiger partial charge in [-0.1, -0.05) is 52.3 Å². The van der Waals surface area contributed by atoms with Crippen LogP contribution in [0.15, 0.2) is 82.2 Å². The highest BCUT2D eigenvalue weighted by atomic mass is 79.9. The largest absolute Gasteiger partial charge is 0.378 e. The molecule has 0 fully saturated rings. The van der Waals surface area contributed by atoms with E-state index in [1.165, 1.54) is 5.56 Å². The van der Waals surface area contributed by atoms with Crippen LogP contribution in [-0.2, 0) is 10.0 Å². The molecule has 0 saturated carbocycles. The molecule has 5 rings (SSSR count). The number of aryl methyl sites for hydroxylation is 2. The van der Waals surface area contributed by atoms with Crippen molar-refractivity contribution in [2.75, 3.05) is 10.0 Å². The minimum atomic E-state index is -3.69. The Kier molecular flexibility index (Phi) is 5.38. The van der Waals surface area contributed by atoms with E-state index in [1.54, 1.807) is 12.1 Å². The summed E-state index contributed by atoms with van der Waals surface area (Å²) in [5.74, 6) is 0.520. The summed E-state index contributed by atoms with van der Waals surface area (Å²) in [6, 6.07) is 19.5. The fourth-order valence-electron chi connectivity index (χ4n) is 4.79. The van der Waals surface area contributed by atoms with Gasteiger partial charge in [-0.15, -0.1) is 0 Å². The first-order valence-electron chi connectivity index (χ1n) is 10.7. The third kappa shape index (κ3) is 3.76. The highest BCUT2D eigenvalue weighted by Crippen LogP contribution is 2.51. The van der Waals surface area contributed by atoms with Crippen LogP contribution in [0, 0.1) is 19.8 Å². The van der Waals surface area contributed by atoms with E-state index < -0.39 is 10.0 Å². The Morgan fingerprint density at radius 3 is 2.56 bits per heavy atom. The fraction of sp³-hybridized carbons (Fsp3) is 0.231. The van der Waals surface area contributed by atoms with Crippen molar-refractivity contribution in [2.24, 2.45) is 5.92 Å². The fourth-order valence-corrected chi connectivity index (χ4v) is 6.41. The van der Waals surface area contributed by atoms with Gasteiger partial charge in [-0.25, -0.2) is 8.42 Å². The van der Waals surface area contributed by atoms with Gasteiger partial charge in [0.25, 0.3) is 10.0 Å². The molecule has 1 aliphatic heterocycles. The normalized spacial score (nSPS) is 21.5. The first-order chi connectivity index (χ1) is 15.3. The quantitative estimate of drug-likeness (QED) is 0.385. The summed E-state index contributed by atoms with van der Waals surface area (Å²) in [7, 11) is -3.69. The number of anilines is 2. The van der Waals surface area contributed by atoms with Gasteiger partial charge in [0.1, 0.15) is 0 Å². The molecule has 3 atom stereocenters. The number of halogens is 1. The van der Waals surface area contributed by atoms with Gasteiger partial charge in [0.05, 0.1) is 10.9 Å². The van der Waals surface area contributed by atoms with Crippen LogP contribution in [0.5, 0.6) is 0 Å². The van der Waals surface area contributed by atoms with Crippen molar-refractivity contribution >= 4 is 37.3 Å². The van der Waals surface area contributed by atoms with E-state index in [2.05, 4.69) is 56.3 Å². The summed E-state index contributed by atoms with van der Waals surface area (Å²) in [6.07, 6.45) is 5.40. The molecule has 2 aliphatic rings. The molecule has 1 aliphatic carbocycles. The molecule has 32 heavy (non-hydrogen) atoms. The van der Waals surface area contributed by atoms with Gasteiger partial charge in [-0.3, -0.25) is 4.72 Å². The maximum atomic E-state index is 13.2. The summed E-state index contributed by atoms with van der Waals surface area (Å²) < 4.78 is 30.1. The molecular weight excluding hydrogens is 484 g/mol. The molecule has 3 aromatic carbocycles. The van der Waals surface area contributed by atoms with Gasteiger partial charge in [0, 0.05) is 21.8 Å². The van der Waals surface area contributed by atoms with Crippen LogP contribution in [0.2, 0.25) is 0 Å². The monoisotopic (exact) mass is 508 g/mol. The summed E-state index contributed by atoms with van der Waals surface area (Å²) in [4.78, 5) is 0.287. The first-order valence-corrected chi connectivity index (χ1v) is 13.0. The Morgan fingerprint density at radius 1 is 0.969 bits per heavy atom. The second-order valence-corrected chi connectivity index (χ2v) is 11.2. The molecule has 1 heterocycles. The maximum Gasteiger partial charge on any atom is 0.261 e. The SMILES string of the molecule is Cc1ccc(NS(=O)(=O)c2ccc3c(c2)[C@H]2C=CC[C@@H]2[C@H](c2ccccc2Br)N3)cc1C. The lowest BCUT2D eigenvalue weighted by Crippen LogP contribution is -2.29. The molecule has 0 saturated heterocycles. The Bertz CT molecular complexity index is 1330. The summed E-state index contributed by atoms with van der Waals surface area (Å²) in [5, 5.41) is 3.68. The topological polar surface area (TPSA) is 58.2 Å². The van der Waals surface area contributed by atoms with Gasteiger partial charge in [-0.05, 0) is 84.8 Å². The summed E-state index contributed by atoms with van der Waals surface area (Å²) >= 11 is 3.70. The average molecular weight is 509 g/mol. The van der Waals surface area contributed by atoms with E-state index in [1.807, 2.05) is 44.2 Å². The molecular formula is C26H25BrN2O2S. The first kappa shape index (κ1) is 21.3. The molecule has 0 amide bonds. The van der Waals surface area contributed by atoms with Crippen LogP contribution < -0.4 is 10.0 Å². The number of benzene rings is 3. The lowest BCUT2D eigenvalue weighted by Gasteiger charge is -2.38. The zero-order chi connectivity index (χ0) is 22.5. The van der Waals surface area contributed by atoms with E-state index in [4.69, 9.17) is 0 Å². The third-order valence-electron chi connectivity index (χ3n) is 6.64. The van der Waals surface area contributed by atoms with Gasteiger partial charge in [0.2, 0.25) is 0 Å². The van der Waals surface area contributed by atoms with Crippen molar-refractivity contribution in [2.45, 2.75) is 37.1 Å². The van der Waals surface area contributed by atoms with Crippen LogP contribution in [0.1, 0.15) is 40.6 Å². The van der Waals surface area contributed by atoms with E-state index >= 15 is 0 Å². The lowest BCUT2D eigenvalue weighted by molar-refractivity contribution is 0.424. The molecule has 0 aromatic heterocycles. The predicted octanol–water partition coefficient (Wildman–Crippen LogP) is 6.69. The molecule has 4 nitrogen and oxygen atoms in total. The standard InChI is InChI=1S/C26H25BrN2O2S/c1-16-10-11-18(14-17(16)2)29-32(30,31)19-12-13-25-23(15-19)20-7-5-8-21(20)26(28-25)22-6-3-4-9-24(22)27/h3-7,9-15,20-21,26,28-29H,8H2,1-2H3/t20-,21-,26+/m0/s1. The van der Waals surface area contributed by atoms with Crippen LogP contribution in [0.3, 0.4) is 0 Å². The second kappa shape index (κ2) is 8.09. The van der Waals surface area contributed by atoms with E-state index in [-0.39, 0.29) is 16.9 Å². The molecule has 6 heteroatoms. The molecule has 0 spiro atoms. The lowest BCUT2D eigenvalue weighted by atomic mass is 9.77. The molecule has 164 valence electrons. The summed E-state index contributed by atoms with van der Waals surface area (Å²) in [6.45, 7) is 3.99. The third-order valence-corrected chi connectivity index (χ3v) is 8.75. The number of rotatable bonds is 4. The van der Waals surface area contributed by atoms with Gasteiger partial charge in [-0.2, -0.15) is 0 Å². The number of hydrogen-bond acceptors (Lipinski definition) is 3. The predicted molar refractivity (Wildman–Crippen MR) is 134 cm³/mol. The van der Waals surface area contributed by atoms with E-state index in [9.17, 15) is 8.42 Å². The minimum absolute atomic E-state index is 0.161. The molecule has 2 N–H and O–H groups in total. The molecule has 0 unspecified atom stereocenters. The van der Waals surface area contributed by atoms with E-state index in [0.717, 1.165) is 33.3 Å². The van der Waals surface area contributed by atoms with Crippen LogP contribution in [0.25, 0.3) is 0 Å². The number of sulfonamides is 1. The van der Waals surface area contributed by atoms with Crippen molar-refractivity contribution in [3.8, 4) is 0 Å². The Labute approximate surface area is 197 Å². The van der Waals surface area contributed by atoms with Crippen molar-refractivity contribution < 1.29 is 8.42 Å². The second-order valence-electron chi connectivity index (χ2n) is 8.65. The van der Waals surface area contributed by atoms with Crippen molar-refractivity contribution in [3.63, 3.8) is 0 Å². The minimum Gasteiger partial charge on any atom is -0.378 e. The number of hydrogen-bond donors (Lipinski definition) is 2. The van der Waals surface area contributed by atoms with Crippen LogP contribution >= 0.6 is 15.9 Å². The number of fused-ring (bicyclic) bond motifs is 3. The van der Waals surface area contributed by atoms with E-state index in [0.29, 0.717) is 11.6 Å². The van der Waals surface area contributed by atoms with Crippen molar-refractivity contribution in [1.82, 2.24) is 0 Å². The smallest absolute Gasteiger partial charge is 0.261 e. The Hall–Kier alpha value is -2.57. The van der Waals surface area contributed by atoms with Crippen LogP contribution in [0.4, 0.5) is 11.4 Å². The molecule has 0 bridgehead atoms. The van der Waals surface area contributed by atoms with Crippen molar-refractivity contribution in [1.29, 1.82) is 0 Å². The zero-order valence-corrected chi connectivity index (χ0v) is 20.4.